The van der Waals surface area contributed by atoms with E-state index in [1.54, 1.807) is 0 Å². The number of rotatable bonds is 4. The zero-order chi connectivity index (χ0) is 18.1. The van der Waals surface area contributed by atoms with Gasteiger partial charge in [-0.1, -0.05) is 6.42 Å². The SMILES string of the molecule is Cc1cc(C)n(-c2ccc(C(=O)NC3CCCC3C(=O)O)cc2F)n1. The van der Waals surface area contributed by atoms with E-state index in [-0.39, 0.29) is 11.3 Å². The summed E-state index contributed by atoms with van der Waals surface area (Å²) in [5.41, 5.74) is 2.01. The summed E-state index contributed by atoms with van der Waals surface area (Å²) in [4.78, 5) is 23.5. The third kappa shape index (κ3) is 3.40. The Morgan fingerprint density at radius 3 is 2.64 bits per heavy atom. The maximum atomic E-state index is 14.5. The number of hydrogen-bond acceptors (Lipinski definition) is 3. The molecule has 1 aliphatic rings. The largest absolute Gasteiger partial charge is 0.481 e. The van der Waals surface area contributed by atoms with Gasteiger partial charge in [0.05, 0.1) is 11.6 Å². The first-order valence-corrected chi connectivity index (χ1v) is 8.23. The van der Waals surface area contributed by atoms with E-state index in [9.17, 15) is 19.1 Å². The molecule has 1 aliphatic carbocycles. The van der Waals surface area contributed by atoms with Gasteiger partial charge in [0.2, 0.25) is 0 Å². The second-order valence-electron chi connectivity index (χ2n) is 6.46. The Morgan fingerprint density at radius 2 is 2.04 bits per heavy atom. The fraction of sp³-hybridized carbons (Fsp3) is 0.389. The summed E-state index contributed by atoms with van der Waals surface area (Å²) >= 11 is 0. The van der Waals surface area contributed by atoms with Gasteiger partial charge >= 0.3 is 5.97 Å². The Morgan fingerprint density at radius 1 is 1.28 bits per heavy atom. The Hall–Kier alpha value is -2.70. The van der Waals surface area contributed by atoms with Crippen LogP contribution in [-0.4, -0.2) is 32.8 Å². The molecule has 0 aliphatic heterocycles. The average Bonchev–Trinajstić information content (AvgIpc) is 3.13. The Balaban J connectivity index is 1.79. The van der Waals surface area contributed by atoms with Crippen molar-refractivity contribution >= 4 is 11.9 Å². The topological polar surface area (TPSA) is 84.2 Å². The number of carbonyl (C=O) groups is 2. The maximum absolute atomic E-state index is 14.5. The normalized spacial score (nSPS) is 19.8. The van der Waals surface area contributed by atoms with Gasteiger partial charge in [0, 0.05) is 17.3 Å². The van der Waals surface area contributed by atoms with Crippen LogP contribution in [0.5, 0.6) is 0 Å². The summed E-state index contributed by atoms with van der Waals surface area (Å²) in [5.74, 6) is -2.51. The number of halogens is 1. The van der Waals surface area contributed by atoms with Crippen molar-refractivity contribution in [3.8, 4) is 5.69 Å². The molecule has 1 amide bonds. The first-order chi connectivity index (χ1) is 11.9. The highest BCUT2D eigenvalue weighted by atomic mass is 19.1. The molecular formula is C18H20FN3O3. The number of carboxylic acids is 1. The van der Waals surface area contributed by atoms with Gasteiger partial charge < -0.3 is 10.4 Å². The van der Waals surface area contributed by atoms with E-state index in [1.807, 2.05) is 19.9 Å². The number of aryl methyl sites for hydroxylation is 2. The summed E-state index contributed by atoms with van der Waals surface area (Å²) in [7, 11) is 0. The maximum Gasteiger partial charge on any atom is 0.308 e. The molecule has 3 rings (SSSR count). The molecule has 0 bridgehead atoms. The van der Waals surface area contributed by atoms with Gasteiger partial charge in [0.25, 0.3) is 5.91 Å². The summed E-state index contributed by atoms with van der Waals surface area (Å²) in [6, 6.07) is 5.61. The molecular weight excluding hydrogens is 325 g/mol. The van der Waals surface area contributed by atoms with Crippen LogP contribution < -0.4 is 5.32 Å². The molecule has 0 saturated heterocycles. The quantitative estimate of drug-likeness (QED) is 0.892. The van der Waals surface area contributed by atoms with Crippen LogP contribution in [0.3, 0.4) is 0 Å². The number of carboxylic acid groups (broad SMARTS) is 1. The second kappa shape index (κ2) is 6.66. The molecule has 0 radical (unpaired) electrons. The minimum atomic E-state index is -0.908. The molecule has 1 aromatic heterocycles. The summed E-state index contributed by atoms with van der Waals surface area (Å²) in [5, 5.41) is 16.1. The number of benzene rings is 1. The minimum absolute atomic E-state index is 0.166. The number of nitrogens with zero attached hydrogens (tertiary/aromatic N) is 2. The van der Waals surface area contributed by atoms with E-state index in [2.05, 4.69) is 10.4 Å². The van der Waals surface area contributed by atoms with Crippen LogP contribution in [0.1, 0.15) is 41.0 Å². The first kappa shape index (κ1) is 17.1. The number of aromatic nitrogens is 2. The van der Waals surface area contributed by atoms with Gasteiger partial charge in [-0.3, -0.25) is 9.59 Å². The second-order valence-corrected chi connectivity index (χ2v) is 6.46. The number of aliphatic carboxylic acids is 1. The lowest BCUT2D eigenvalue weighted by Gasteiger charge is -2.17. The van der Waals surface area contributed by atoms with Crippen LogP contribution in [-0.2, 0) is 4.79 Å². The van der Waals surface area contributed by atoms with E-state index in [0.717, 1.165) is 23.9 Å². The Bertz CT molecular complexity index is 831. The number of amides is 1. The molecule has 1 saturated carbocycles. The predicted octanol–water partition coefficient (Wildman–Crippen LogP) is 2.61. The van der Waals surface area contributed by atoms with Crippen LogP contribution in [0.4, 0.5) is 4.39 Å². The van der Waals surface area contributed by atoms with Crippen molar-refractivity contribution < 1.29 is 19.1 Å². The molecule has 6 nitrogen and oxygen atoms in total. The molecule has 7 heteroatoms. The predicted molar refractivity (Wildman–Crippen MR) is 89.2 cm³/mol. The lowest BCUT2D eigenvalue weighted by atomic mass is 10.0. The van der Waals surface area contributed by atoms with Crippen molar-refractivity contribution in [2.24, 2.45) is 5.92 Å². The average molecular weight is 345 g/mol. The molecule has 132 valence electrons. The van der Waals surface area contributed by atoms with Gasteiger partial charge in [-0.15, -0.1) is 0 Å². The van der Waals surface area contributed by atoms with Crippen LogP contribution >= 0.6 is 0 Å². The van der Waals surface area contributed by atoms with E-state index in [4.69, 9.17) is 0 Å². The highest BCUT2D eigenvalue weighted by molar-refractivity contribution is 5.95. The Labute approximate surface area is 144 Å². The van der Waals surface area contributed by atoms with Crippen LogP contribution in [0, 0.1) is 25.6 Å². The number of nitrogens with one attached hydrogen (secondary N) is 1. The van der Waals surface area contributed by atoms with Crippen molar-refractivity contribution in [1.29, 1.82) is 0 Å². The third-order valence-electron chi connectivity index (χ3n) is 4.60. The lowest BCUT2D eigenvalue weighted by Crippen LogP contribution is -2.40. The summed E-state index contributed by atoms with van der Waals surface area (Å²) in [6.45, 7) is 3.65. The molecule has 2 atom stereocenters. The van der Waals surface area contributed by atoms with Crippen molar-refractivity contribution in [2.75, 3.05) is 0 Å². The van der Waals surface area contributed by atoms with Gasteiger partial charge in [-0.2, -0.15) is 5.10 Å². The molecule has 0 spiro atoms. The molecule has 1 heterocycles. The molecule has 2 N–H and O–H groups in total. The van der Waals surface area contributed by atoms with E-state index in [1.165, 1.54) is 16.8 Å². The van der Waals surface area contributed by atoms with E-state index >= 15 is 0 Å². The molecule has 25 heavy (non-hydrogen) atoms. The van der Waals surface area contributed by atoms with Crippen LogP contribution in [0.15, 0.2) is 24.3 Å². The fourth-order valence-corrected chi connectivity index (χ4v) is 3.37. The molecule has 2 aromatic rings. The van der Waals surface area contributed by atoms with Gasteiger partial charge in [-0.05, 0) is 51.0 Å². The van der Waals surface area contributed by atoms with Crippen molar-refractivity contribution in [3.63, 3.8) is 0 Å². The molecule has 1 aromatic carbocycles. The smallest absolute Gasteiger partial charge is 0.308 e. The van der Waals surface area contributed by atoms with Gasteiger partial charge in [-0.25, -0.2) is 9.07 Å². The van der Waals surface area contributed by atoms with Crippen LogP contribution in [0.25, 0.3) is 5.69 Å². The zero-order valence-corrected chi connectivity index (χ0v) is 14.1. The van der Waals surface area contributed by atoms with E-state index in [0.29, 0.717) is 12.8 Å². The zero-order valence-electron chi connectivity index (χ0n) is 14.1. The van der Waals surface area contributed by atoms with Crippen molar-refractivity contribution in [1.82, 2.24) is 15.1 Å². The third-order valence-corrected chi connectivity index (χ3v) is 4.60. The summed E-state index contributed by atoms with van der Waals surface area (Å²) in [6.07, 6.45) is 1.92. The van der Waals surface area contributed by atoms with Gasteiger partial charge in [0.1, 0.15) is 11.5 Å². The summed E-state index contributed by atoms with van der Waals surface area (Å²) < 4.78 is 16.0. The lowest BCUT2D eigenvalue weighted by molar-refractivity contribution is -0.142. The highest BCUT2D eigenvalue weighted by Crippen LogP contribution is 2.26. The highest BCUT2D eigenvalue weighted by Gasteiger charge is 2.34. The fourth-order valence-electron chi connectivity index (χ4n) is 3.37. The molecule has 1 fully saturated rings. The standard InChI is InChI=1S/C18H20FN3O3/c1-10-8-11(2)22(21-10)16-7-6-12(9-14(16)19)17(23)20-15-5-3-4-13(15)18(24)25/h6-9,13,15H,3-5H2,1-2H3,(H,20,23)(H,24,25). The van der Waals surface area contributed by atoms with Gasteiger partial charge in [0.15, 0.2) is 0 Å². The van der Waals surface area contributed by atoms with Crippen LogP contribution in [0.2, 0.25) is 0 Å². The Kier molecular flexibility index (Phi) is 4.57. The van der Waals surface area contributed by atoms with Crippen molar-refractivity contribution in [3.05, 3.63) is 47.0 Å². The monoisotopic (exact) mass is 345 g/mol. The minimum Gasteiger partial charge on any atom is -0.481 e. The first-order valence-electron chi connectivity index (χ1n) is 8.23. The molecule has 2 unspecified atom stereocenters. The van der Waals surface area contributed by atoms with Crippen molar-refractivity contribution in [2.45, 2.75) is 39.2 Å². The van der Waals surface area contributed by atoms with E-state index < -0.39 is 29.7 Å². The number of carbonyl (C=O) groups excluding carboxylic acids is 1. The number of hydrogen-bond donors (Lipinski definition) is 2.